The number of ether oxygens (including phenoxy) is 1. The smallest absolute Gasteiger partial charge is 0.119 e. The van der Waals surface area contributed by atoms with Crippen LogP contribution in [0.3, 0.4) is 0 Å². The predicted octanol–water partition coefficient (Wildman–Crippen LogP) is 5.02. The standard InChI is InChI=1S/C18H19NOS/c1-12(2)17-11-19-18(21-17)9-14-6-4-5-13-7-8-15(20-3)10-16(13)14/h4-8,10-12H,9H2,1-3H3. The Hall–Kier alpha value is -1.87. The number of hydrogen-bond donors (Lipinski definition) is 0. The fourth-order valence-electron chi connectivity index (χ4n) is 2.43. The Morgan fingerprint density at radius 3 is 2.76 bits per heavy atom. The second-order valence-corrected chi connectivity index (χ2v) is 6.64. The highest BCUT2D eigenvalue weighted by molar-refractivity contribution is 7.11. The van der Waals surface area contributed by atoms with Gasteiger partial charge in [-0.15, -0.1) is 11.3 Å². The normalized spacial score (nSPS) is 11.2. The summed E-state index contributed by atoms with van der Waals surface area (Å²) in [5, 5.41) is 3.67. The van der Waals surface area contributed by atoms with Crippen molar-refractivity contribution in [2.75, 3.05) is 7.11 Å². The lowest BCUT2D eigenvalue weighted by Gasteiger charge is -2.07. The lowest BCUT2D eigenvalue weighted by molar-refractivity contribution is 0.415. The van der Waals surface area contributed by atoms with E-state index in [1.807, 2.05) is 23.6 Å². The number of benzene rings is 2. The Morgan fingerprint density at radius 1 is 1.19 bits per heavy atom. The van der Waals surface area contributed by atoms with E-state index in [-0.39, 0.29) is 0 Å². The van der Waals surface area contributed by atoms with E-state index in [1.54, 1.807) is 7.11 Å². The molecule has 1 aromatic heterocycles. The van der Waals surface area contributed by atoms with Crippen molar-refractivity contribution in [1.82, 2.24) is 4.98 Å². The molecule has 3 heteroatoms. The zero-order chi connectivity index (χ0) is 14.8. The van der Waals surface area contributed by atoms with Crippen LogP contribution in [0.2, 0.25) is 0 Å². The lowest BCUT2D eigenvalue weighted by atomic mass is 10.0. The number of nitrogens with zero attached hydrogens (tertiary/aromatic N) is 1. The SMILES string of the molecule is COc1ccc2cccc(Cc3ncc(C(C)C)s3)c2c1. The zero-order valence-electron chi connectivity index (χ0n) is 12.6. The molecule has 0 fully saturated rings. The van der Waals surface area contributed by atoms with Gasteiger partial charge in [-0.3, -0.25) is 0 Å². The highest BCUT2D eigenvalue weighted by Gasteiger charge is 2.09. The summed E-state index contributed by atoms with van der Waals surface area (Å²) in [5.74, 6) is 1.45. The van der Waals surface area contributed by atoms with Gasteiger partial charge < -0.3 is 4.74 Å². The Kier molecular flexibility index (Phi) is 3.93. The van der Waals surface area contributed by atoms with E-state index in [9.17, 15) is 0 Å². The highest BCUT2D eigenvalue weighted by Crippen LogP contribution is 2.28. The highest BCUT2D eigenvalue weighted by atomic mass is 32.1. The van der Waals surface area contributed by atoms with Crippen molar-refractivity contribution in [1.29, 1.82) is 0 Å². The molecule has 0 aliphatic rings. The van der Waals surface area contributed by atoms with E-state index >= 15 is 0 Å². The van der Waals surface area contributed by atoms with Crippen LogP contribution in [0.5, 0.6) is 5.75 Å². The van der Waals surface area contributed by atoms with E-state index < -0.39 is 0 Å². The van der Waals surface area contributed by atoms with Gasteiger partial charge in [-0.25, -0.2) is 4.98 Å². The van der Waals surface area contributed by atoms with Crippen molar-refractivity contribution in [3.8, 4) is 5.75 Å². The second-order valence-electron chi connectivity index (χ2n) is 5.49. The van der Waals surface area contributed by atoms with Gasteiger partial charge in [0.2, 0.25) is 0 Å². The number of hydrogen-bond acceptors (Lipinski definition) is 3. The third kappa shape index (κ3) is 2.93. The molecular formula is C18H19NOS. The molecule has 1 heterocycles. The maximum Gasteiger partial charge on any atom is 0.119 e. The maximum absolute atomic E-state index is 5.35. The predicted molar refractivity (Wildman–Crippen MR) is 89.5 cm³/mol. The van der Waals surface area contributed by atoms with Crippen molar-refractivity contribution < 1.29 is 4.74 Å². The van der Waals surface area contributed by atoms with E-state index in [0.29, 0.717) is 5.92 Å². The topological polar surface area (TPSA) is 22.1 Å². The average molecular weight is 297 g/mol. The summed E-state index contributed by atoms with van der Waals surface area (Å²) in [6, 6.07) is 12.7. The first kappa shape index (κ1) is 14.1. The molecule has 3 aromatic rings. The van der Waals surface area contributed by atoms with Crippen molar-refractivity contribution in [2.45, 2.75) is 26.2 Å². The molecule has 108 valence electrons. The summed E-state index contributed by atoms with van der Waals surface area (Å²) in [4.78, 5) is 5.92. The van der Waals surface area contributed by atoms with E-state index in [4.69, 9.17) is 4.74 Å². The van der Waals surface area contributed by atoms with Gasteiger partial charge in [-0.05, 0) is 34.4 Å². The van der Waals surface area contributed by atoms with Gasteiger partial charge in [-0.1, -0.05) is 38.1 Å². The Balaban J connectivity index is 1.99. The molecule has 0 bridgehead atoms. The van der Waals surface area contributed by atoms with Gasteiger partial charge in [0.1, 0.15) is 5.75 Å². The summed E-state index contributed by atoms with van der Waals surface area (Å²) >= 11 is 1.81. The molecule has 0 unspecified atom stereocenters. The van der Waals surface area contributed by atoms with Crippen molar-refractivity contribution >= 4 is 22.1 Å². The van der Waals surface area contributed by atoms with E-state index in [1.165, 1.54) is 26.2 Å². The van der Waals surface area contributed by atoms with Crippen LogP contribution in [0.4, 0.5) is 0 Å². The van der Waals surface area contributed by atoms with Crippen LogP contribution in [0, 0.1) is 0 Å². The fraction of sp³-hybridized carbons (Fsp3) is 0.278. The zero-order valence-corrected chi connectivity index (χ0v) is 13.4. The molecule has 0 radical (unpaired) electrons. The minimum Gasteiger partial charge on any atom is -0.497 e. The Morgan fingerprint density at radius 2 is 2.05 bits per heavy atom. The second kappa shape index (κ2) is 5.86. The fourth-order valence-corrected chi connectivity index (χ4v) is 3.38. The molecule has 3 rings (SSSR count). The van der Waals surface area contributed by atoms with Crippen LogP contribution >= 0.6 is 11.3 Å². The monoisotopic (exact) mass is 297 g/mol. The van der Waals surface area contributed by atoms with Crippen molar-refractivity contribution in [3.05, 3.63) is 58.0 Å². The first-order chi connectivity index (χ1) is 10.2. The Labute approximate surface area is 129 Å². The van der Waals surface area contributed by atoms with Crippen LogP contribution in [-0.4, -0.2) is 12.1 Å². The summed E-state index contributed by atoms with van der Waals surface area (Å²) in [7, 11) is 1.71. The minimum atomic E-state index is 0.545. The number of fused-ring (bicyclic) bond motifs is 1. The van der Waals surface area contributed by atoms with Crippen molar-refractivity contribution in [3.63, 3.8) is 0 Å². The molecule has 0 saturated carbocycles. The van der Waals surface area contributed by atoms with Crippen molar-refractivity contribution in [2.24, 2.45) is 0 Å². The van der Waals surface area contributed by atoms with Gasteiger partial charge in [-0.2, -0.15) is 0 Å². The summed E-state index contributed by atoms with van der Waals surface area (Å²) in [6.45, 7) is 4.42. The molecule has 0 atom stereocenters. The van der Waals surface area contributed by atoms with Gasteiger partial charge in [0.15, 0.2) is 0 Å². The largest absolute Gasteiger partial charge is 0.497 e. The van der Waals surface area contributed by atoms with Crippen LogP contribution in [0.25, 0.3) is 10.8 Å². The number of aromatic nitrogens is 1. The molecule has 2 aromatic carbocycles. The molecule has 0 aliphatic carbocycles. The quantitative estimate of drug-likeness (QED) is 0.674. The van der Waals surface area contributed by atoms with Crippen LogP contribution in [0.15, 0.2) is 42.6 Å². The lowest BCUT2D eigenvalue weighted by Crippen LogP contribution is -1.90. The number of methoxy groups -OCH3 is 1. The third-order valence-electron chi connectivity index (χ3n) is 3.66. The van der Waals surface area contributed by atoms with Crippen LogP contribution in [-0.2, 0) is 6.42 Å². The molecule has 21 heavy (non-hydrogen) atoms. The van der Waals surface area contributed by atoms with Crippen LogP contribution < -0.4 is 4.74 Å². The average Bonchev–Trinajstić information content (AvgIpc) is 2.96. The third-order valence-corrected chi connectivity index (χ3v) is 4.96. The summed E-state index contributed by atoms with van der Waals surface area (Å²) < 4.78 is 5.35. The molecule has 0 amide bonds. The molecule has 0 spiro atoms. The van der Waals surface area contributed by atoms with E-state index in [2.05, 4.69) is 49.2 Å². The van der Waals surface area contributed by atoms with Gasteiger partial charge >= 0.3 is 0 Å². The minimum absolute atomic E-state index is 0.545. The molecule has 0 saturated heterocycles. The maximum atomic E-state index is 5.35. The van der Waals surface area contributed by atoms with E-state index in [0.717, 1.165) is 12.2 Å². The number of thiazole rings is 1. The Bertz CT molecular complexity index is 761. The molecule has 2 nitrogen and oxygen atoms in total. The molecule has 0 N–H and O–H groups in total. The summed E-state index contributed by atoms with van der Waals surface area (Å²) in [5.41, 5.74) is 1.30. The summed E-state index contributed by atoms with van der Waals surface area (Å²) in [6.07, 6.45) is 2.89. The molecular weight excluding hydrogens is 278 g/mol. The number of rotatable bonds is 4. The van der Waals surface area contributed by atoms with Gasteiger partial charge in [0, 0.05) is 17.5 Å². The molecule has 0 aliphatic heterocycles. The van der Waals surface area contributed by atoms with Gasteiger partial charge in [0.25, 0.3) is 0 Å². The first-order valence-electron chi connectivity index (χ1n) is 7.17. The van der Waals surface area contributed by atoms with Crippen LogP contribution in [0.1, 0.15) is 35.2 Å². The first-order valence-corrected chi connectivity index (χ1v) is 7.99. The van der Waals surface area contributed by atoms with Gasteiger partial charge in [0.05, 0.1) is 12.1 Å².